The zero-order chi connectivity index (χ0) is 14.3. The molecule has 0 spiro atoms. The van der Waals surface area contributed by atoms with Crippen molar-refractivity contribution >= 4 is 12.0 Å². The van der Waals surface area contributed by atoms with Crippen LogP contribution in [0, 0.1) is 5.92 Å². The van der Waals surface area contributed by atoms with E-state index in [0.29, 0.717) is 13.0 Å². The van der Waals surface area contributed by atoms with Crippen molar-refractivity contribution in [2.45, 2.75) is 45.7 Å². The molecule has 2 amide bonds. The molecule has 0 saturated heterocycles. The van der Waals surface area contributed by atoms with E-state index in [1.54, 1.807) is 14.0 Å². The summed E-state index contributed by atoms with van der Waals surface area (Å²) in [5, 5.41) is 14.3. The maximum atomic E-state index is 11.8. The minimum Gasteiger partial charge on any atom is -0.480 e. The molecule has 0 aromatic rings. The molecule has 0 bridgehead atoms. The number of urea groups is 1. The van der Waals surface area contributed by atoms with Gasteiger partial charge in [-0.3, -0.25) is 0 Å². The number of ether oxygens (including phenoxy) is 1. The Morgan fingerprint density at radius 1 is 1.39 bits per heavy atom. The summed E-state index contributed by atoms with van der Waals surface area (Å²) in [5.41, 5.74) is -1.25. The topological polar surface area (TPSA) is 87.7 Å². The fourth-order valence-corrected chi connectivity index (χ4v) is 1.33. The summed E-state index contributed by atoms with van der Waals surface area (Å²) in [6, 6.07) is -0.637. The molecular formula is C12H24N2O4. The van der Waals surface area contributed by atoms with Gasteiger partial charge < -0.3 is 20.5 Å². The zero-order valence-corrected chi connectivity index (χ0v) is 11.7. The number of carboxylic acids is 1. The lowest BCUT2D eigenvalue weighted by atomic mass is 9.99. The van der Waals surface area contributed by atoms with Crippen molar-refractivity contribution in [2.75, 3.05) is 13.7 Å². The van der Waals surface area contributed by atoms with Gasteiger partial charge in [0.15, 0.2) is 0 Å². The first-order valence-electron chi connectivity index (χ1n) is 6.07. The maximum absolute atomic E-state index is 11.8. The van der Waals surface area contributed by atoms with Crippen molar-refractivity contribution in [3.05, 3.63) is 0 Å². The standard InChI is InChI=1S/C12H24N2O4/c1-6-12(4,10(15)16)14-11(17)13-9(7-18-5)8(2)3/h8-9H,6-7H2,1-5H3,(H,15,16)(H2,13,14,17). The predicted molar refractivity (Wildman–Crippen MR) is 68.5 cm³/mol. The second-order valence-electron chi connectivity index (χ2n) is 4.90. The molecule has 18 heavy (non-hydrogen) atoms. The van der Waals surface area contributed by atoms with Crippen molar-refractivity contribution < 1.29 is 19.4 Å². The van der Waals surface area contributed by atoms with Gasteiger partial charge in [0.05, 0.1) is 12.6 Å². The van der Waals surface area contributed by atoms with Crippen molar-refractivity contribution in [3.8, 4) is 0 Å². The van der Waals surface area contributed by atoms with Crippen molar-refractivity contribution in [1.82, 2.24) is 10.6 Å². The first-order chi connectivity index (χ1) is 8.26. The molecule has 0 radical (unpaired) electrons. The summed E-state index contributed by atoms with van der Waals surface area (Å²) < 4.78 is 5.01. The molecule has 0 aromatic heterocycles. The van der Waals surface area contributed by atoms with Crippen LogP contribution in [0.15, 0.2) is 0 Å². The number of carboxylic acid groups (broad SMARTS) is 1. The first kappa shape index (κ1) is 16.7. The van der Waals surface area contributed by atoms with Gasteiger partial charge in [-0.05, 0) is 19.3 Å². The van der Waals surface area contributed by atoms with Crippen molar-refractivity contribution in [2.24, 2.45) is 5.92 Å². The van der Waals surface area contributed by atoms with E-state index in [9.17, 15) is 9.59 Å². The average molecular weight is 260 g/mol. The number of rotatable bonds is 7. The fraction of sp³-hybridized carbons (Fsp3) is 0.833. The summed E-state index contributed by atoms with van der Waals surface area (Å²) in [4.78, 5) is 22.8. The van der Waals surface area contributed by atoms with Crippen LogP contribution in [0.4, 0.5) is 4.79 Å². The highest BCUT2D eigenvalue weighted by Crippen LogP contribution is 2.09. The highest BCUT2D eigenvalue weighted by atomic mass is 16.5. The first-order valence-corrected chi connectivity index (χ1v) is 6.07. The van der Waals surface area contributed by atoms with Crippen LogP contribution in [0.25, 0.3) is 0 Å². The molecule has 0 rings (SSSR count). The van der Waals surface area contributed by atoms with E-state index in [0.717, 1.165) is 0 Å². The van der Waals surface area contributed by atoms with E-state index in [4.69, 9.17) is 9.84 Å². The monoisotopic (exact) mass is 260 g/mol. The van der Waals surface area contributed by atoms with E-state index in [1.165, 1.54) is 6.92 Å². The van der Waals surface area contributed by atoms with Gasteiger partial charge in [0.1, 0.15) is 5.54 Å². The van der Waals surface area contributed by atoms with Crippen LogP contribution in [0.1, 0.15) is 34.1 Å². The Hall–Kier alpha value is -1.30. The molecule has 0 saturated carbocycles. The largest absolute Gasteiger partial charge is 0.480 e. The van der Waals surface area contributed by atoms with Gasteiger partial charge in [-0.15, -0.1) is 0 Å². The minimum atomic E-state index is -1.25. The van der Waals surface area contributed by atoms with Crippen LogP contribution >= 0.6 is 0 Å². The molecule has 3 N–H and O–H groups in total. The summed E-state index contributed by atoms with van der Waals surface area (Å²) in [7, 11) is 1.56. The van der Waals surface area contributed by atoms with Crippen molar-refractivity contribution in [3.63, 3.8) is 0 Å². The maximum Gasteiger partial charge on any atom is 0.329 e. The third-order valence-corrected chi connectivity index (χ3v) is 3.04. The normalized spacial score (nSPS) is 15.9. The number of carbonyl (C=O) groups is 2. The SMILES string of the molecule is CCC(C)(NC(=O)NC(COC)C(C)C)C(=O)O. The molecule has 0 heterocycles. The Balaban J connectivity index is 4.53. The van der Waals surface area contributed by atoms with Crippen LogP contribution in [-0.2, 0) is 9.53 Å². The second kappa shape index (κ2) is 7.20. The van der Waals surface area contributed by atoms with Gasteiger partial charge in [-0.1, -0.05) is 20.8 Å². The van der Waals surface area contributed by atoms with Gasteiger partial charge in [0, 0.05) is 7.11 Å². The molecule has 0 aliphatic rings. The van der Waals surface area contributed by atoms with Gasteiger partial charge >= 0.3 is 12.0 Å². The molecule has 106 valence electrons. The molecular weight excluding hydrogens is 236 g/mol. The molecule has 2 atom stereocenters. The number of hydrogen-bond acceptors (Lipinski definition) is 3. The van der Waals surface area contributed by atoms with Crippen LogP contribution in [0.5, 0.6) is 0 Å². The molecule has 6 nitrogen and oxygen atoms in total. The van der Waals surface area contributed by atoms with Crippen LogP contribution < -0.4 is 10.6 Å². The Kier molecular flexibility index (Phi) is 6.68. The molecule has 0 aromatic carbocycles. The van der Waals surface area contributed by atoms with Gasteiger partial charge in [-0.25, -0.2) is 9.59 Å². The summed E-state index contributed by atoms with van der Waals surface area (Å²) >= 11 is 0. The van der Waals surface area contributed by atoms with E-state index in [-0.39, 0.29) is 12.0 Å². The summed E-state index contributed by atoms with van der Waals surface area (Å²) in [5.74, 6) is -0.846. The van der Waals surface area contributed by atoms with Gasteiger partial charge in [-0.2, -0.15) is 0 Å². The third-order valence-electron chi connectivity index (χ3n) is 3.04. The number of nitrogens with one attached hydrogen (secondary N) is 2. The van der Waals surface area contributed by atoms with Gasteiger partial charge in [0.2, 0.25) is 0 Å². The lowest BCUT2D eigenvalue weighted by Crippen LogP contribution is -2.57. The molecule has 0 fully saturated rings. The van der Waals surface area contributed by atoms with Crippen LogP contribution in [-0.4, -0.2) is 42.4 Å². The number of amides is 2. The third kappa shape index (κ3) is 4.91. The van der Waals surface area contributed by atoms with E-state index in [2.05, 4.69) is 10.6 Å². The van der Waals surface area contributed by atoms with Crippen molar-refractivity contribution in [1.29, 1.82) is 0 Å². The van der Waals surface area contributed by atoms with E-state index >= 15 is 0 Å². The van der Waals surface area contributed by atoms with Crippen LogP contribution in [0.2, 0.25) is 0 Å². The highest BCUT2D eigenvalue weighted by Gasteiger charge is 2.33. The molecule has 6 heteroatoms. The number of hydrogen-bond donors (Lipinski definition) is 3. The quantitative estimate of drug-likeness (QED) is 0.642. The predicted octanol–water partition coefficient (Wildman–Crippen LogP) is 1.21. The lowest BCUT2D eigenvalue weighted by molar-refractivity contribution is -0.143. The van der Waals surface area contributed by atoms with Crippen LogP contribution in [0.3, 0.4) is 0 Å². The van der Waals surface area contributed by atoms with Gasteiger partial charge in [0.25, 0.3) is 0 Å². The Bertz CT molecular complexity index is 294. The Morgan fingerprint density at radius 3 is 2.28 bits per heavy atom. The Morgan fingerprint density at radius 2 is 1.94 bits per heavy atom. The summed E-state index contributed by atoms with van der Waals surface area (Å²) in [6.07, 6.45) is 0.312. The second-order valence-corrected chi connectivity index (χ2v) is 4.90. The smallest absolute Gasteiger partial charge is 0.329 e. The number of methoxy groups -OCH3 is 1. The average Bonchev–Trinajstić information content (AvgIpc) is 2.27. The fourth-order valence-electron chi connectivity index (χ4n) is 1.33. The van der Waals surface area contributed by atoms with E-state index < -0.39 is 17.5 Å². The van der Waals surface area contributed by atoms with E-state index in [1.807, 2.05) is 13.8 Å². The Labute approximate surface area is 108 Å². The number of carbonyl (C=O) groups excluding carboxylic acids is 1. The summed E-state index contributed by atoms with van der Waals surface area (Å²) in [6.45, 7) is 7.50. The zero-order valence-electron chi connectivity index (χ0n) is 11.7. The molecule has 0 aliphatic heterocycles. The number of aliphatic carboxylic acids is 1. The molecule has 2 unspecified atom stereocenters. The lowest BCUT2D eigenvalue weighted by Gasteiger charge is -2.27. The molecule has 0 aliphatic carbocycles. The minimum absolute atomic E-state index is 0.148. The highest BCUT2D eigenvalue weighted by molar-refractivity contribution is 5.85.